The van der Waals surface area contributed by atoms with Crippen molar-refractivity contribution in [3.63, 3.8) is 0 Å². The van der Waals surface area contributed by atoms with Crippen molar-refractivity contribution in [2.24, 2.45) is 10.7 Å². The fourth-order valence-electron chi connectivity index (χ4n) is 1.85. The van der Waals surface area contributed by atoms with Crippen LogP contribution in [0.25, 0.3) is 0 Å². The van der Waals surface area contributed by atoms with Crippen LogP contribution in [0.15, 0.2) is 35.3 Å². The highest BCUT2D eigenvalue weighted by Gasteiger charge is 2.10. The van der Waals surface area contributed by atoms with Crippen LogP contribution in [0.3, 0.4) is 0 Å². The number of guanidine groups is 1. The van der Waals surface area contributed by atoms with E-state index in [1.165, 1.54) is 0 Å². The Hall–Kier alpha value is -0.820. The first-order valence-corrected chi connectivity index (χ1v) is 6.43. The molecule has 1 unspecified atom stereocenters. The Morgan fingerprint density at radius 1 is 1.26 bits per heavy atom. The molecule has 1 atom stereocenters. The molecule has 0 amide bonds. The summed E-state index contributed by atoms with van der Waals surface area (Å²) in [7, 11) is 0. The van der Waals surface area contributed by atoms with Crippen molar-refractivity contribution in [3.8, 4) is 0 Å². The molecule has 5 heteroatoms. The molecule has 0 aliphatic heterocycles. The van der Waals surface area contributed by atoms with Gasteiger partial charge in [-0.3, -0.25) is 4.99 Å². The van der Waals surface area contributed by atoms with E-state index in [1.54, 1.807) is 0 Å². The van der Waals surface area contributed by atoms with Gasteiger partial charge in [-0.1, -0.05) is 30.3 Å². The number of halogens is 1. The molecule has 3 N–H and O–H groups in total. The number of benzene rings is 1. The summed E-state index contributed by atoms with van der Waals surface area (Å²) in [5, 5.41) is 9.42. The monoisotopic (exact) mass is 377 g/mol. The van der Waals surface area contributed by atoms with Crippen molar-refractivity contribution in [1.29, 1.82) is 0 Å². The van der Waals surface area contributed by atoms with Gasteiger partial charge in [0.05, 0.1) is 13.2 Å². The Balaban J connectivity index is 0.00000324. The molecule has 0 fully saturated rings. The molecule has 0 saturated heterocycles. The first-order valence-electron chi connectivity index (χ1n) is 6.43. The van der Waals surface area contributed by atoms with Crippen LogP contribution in [-0.4, -0.2) is 42.2 Å². The summed E-state index contributed by atoms with van der Waals surface area (Å²) in [6.45, 7) is 6.39. The fraction of sp³-hybridized carbons (Fsp3) is 0.500. The van der Waals surface area contributed by atoms with E-state index >= 15 is 0 Å². The lowest BCUT2D eigenvalue weighted by Crippen LogP contribution is -2.37. The number of nitrogens with two attached hydrogens (primary N) is 1. The summed E-state index contributed by atoms with van der Waals surface area (Å²) >= 11 is 0. The molecule has 19 heavy (non-hydrogen) atoms. The molecule has 108 valence electrons. The second-order valence-electron chi connectivity index (χ2n) is 4.16. The quantitative estimate of drug-likeness (QED) is 0.453. The molecule has 1 rings (SSSR count). The minimum absolute atomic E-state index is 0. The van der Waals surface area contributed by atoms with Gasteiger partial charge in [0.1, 0.15) is 0 Å². The zero-order valence-electron chi connectivity index (χ0n) is 11.6. The van der Waals surface area contributed by atoms with Crippen LogP contribution in [0.1, 0.15) is 25.3 Å². The van der Waals surface area contributed by atoms with Crippen molar-refractivity contribution < 1.29 is 5.11 Å². The van der Waals surface area contributed by atoms with Crippen molar-refractivity contribution in [2.45, 2.75) is 19.8 Å². The molecule has 1 aromatic rings. The molecule has 4 nitrogen and oxygen atoms in total. The maximum Gasteiger partial charge on any atom is 0.191 e. The molecule has 0 spiro atoms. The van der Waals surface area contributed by atoms with Gasteiger partial charge in [-0.2, -0.15) is 0 Å². The van der Waals surface area contributed by atoms with Gasteiger partial charge in [0.2, 0.25) is 0 Å². The van der Waals surface area contributed by atoms with Crippen LogP contribution >= 0.6 is 24.0 Å². The van der Waals surface area contributed by atoms with E-state index in [0.29, 0.717) is 12.5 Å². The standard InChI is InChI=1S/C14H23N3O.HI/c1-3-17(4-2)14(15)16-10-13(11-18)12-8-6-5-7-9-12;/h5-9,13,18H,3-4,10-11H2,1-2H3,(H2,15,16);1H. The molecule has 0 aromatic heterocycles. The number of aliphatic imine (C=N–C) groups is 1. The van der Waals surface area contributed by atoms with E-state index in [2.05, 4.69) is 4.99 Å². The van der Waals surface area contributed by atoms with Gasteiger partial charge in [0.25, 0.3) is 0 Å². The van der Waals surface area contributed by atoms with Gasteiger partial charge in [0.15, 0.2) is 5.96 Å². The third-order valence-electron chi connectivity index (χ3n) is 3.05. The van der Waals surface area contributed by atoms with Crippen LogP contribution in [0, 0.1) is 0 Å². The molecule has 1 aromatic carbocycles. The first-order chi connectivity index (χ1) is 8.72. The Bertz CT molecular complexity index is 366. The number of hydrogen-bond donors (Lipinski definition) is 2. The summed E-state index contributed by atoms with van der Waals surface area (Å²) in [5.74, 6) is 0.565. The second-order valence-corrected chi connectivity index (χ2v) is 4.16. The van der Waals surface area contributed by atoms with E-state index in [-0.39, 0.29) is 36.5 Å². The lowest BCUT2D eigenvalue weighted by molar-refractivity contribution is 0.267. The zero-order valence-corrected chi connectivity index (χ0v) is 14.0. The smallest absolute Gasteiger partial charge is 0.191 e. The van der Waals surface area contributed by atoms with Crippen molar-refractivity contribution in [2.75, 3.05) is 26.2 Å². The van der Waals surface area contributed by atoms with Crippen LogP contribution < -0.4 is 5.73 Å². The number of rotatable bonds is 6. The second kappa shape index (κ2) is 10.0. The molecule has 0 heterocycles. The predicted molar refractivity (Wildman–Crippen MR) is 91.1 cm³/mol. The fourth-order valence-corrected chi connectivity index (χ4v) is 1.85. The number of nitrogens with zero attached hydrogens (tertiary/aromatic N) is 2. The Morgan fingerprint density at radius 3 is 2.32 bits per heavy atom. The van der Waals surface area contributed by atoms with Crippen LogP contribution in [0.5, 0.6) is 0 Å². The van der Waals surface area contributed by atoms with Gasteiger partial charge in [-0.05, 0) is 19.4 Å². The highest BCUT2D eigenvalue weighted by molar-refractivity contribution is 14.0. The van der Waals surface area contributed by atoms with Gasteiger partial charge in [-0.25, -0.2) is 0 Å². The Labute approximate surface area is 132 Å². The molecular weight excluding hydrogens is 353 g/mol. The number of aliphatic hydroxyl groups is 1. The highest BCUT2D eigenvalue weighted by atomic mass is 127. The van der Waals surface area contributed by atoms with Crippen molar-refractivity contribution >= 4 is 29.9 Å². The highest BCUT2D eigenvalue weighted by Crippen LogP contribution is 2.14. The maximum absolute atomic E-state index is 9.42. The average Bonchev–Trinajstić information content (AvgIpc) is 2.42. The summed E-state index contributed by atoms with van der Waals surface area (Å²) in [6, 6.07) is 9.91. The summed E-state index contributed by atoms with van der Waals surface area (Å²) in [4.78, 5) is 6.37. The Morgan fingerprint density at radius 2 is 1.84 bits per heavy atom. The maximum atomic E-state index is 9.42. The van der Waals surface area contributed by atoms with Crippen molar-refractivity contribution in [3.05, 3.63) is 35.9 Å². The summed E-state index contributed by atoms with van der Waals surface area (Å²) in [6.07, 6.45) is 0. The Kier molecular flexibility index (Phi) is 9.59. The molecule has 0 bridgehead atoms. The number of hydrogen-bond acceptors (Lipinski definition) is 2. The van der Waals surface area contributed by atoms with Gasteiger partial charge >= 0.3 is 0 Å². The number of aliphatic hydroxyl groups excluding tert-OH is 1. The van der Waals surface area contributed by atoms with Gasteiger partial charge in [0, 0.05) is 19.0 Å². The molecule has 0 aliphatic rings. The molecular formula is C14H24IN3O. The van der Waals surface area contributed by atoms with E-state index in [9.17, 15) is 5.11 Å². The third kappa shape index (κ3) is 5.78. The summed E-state index contributed by atoms with van der Waals surface area (Å²) < 4.78 is 0. The lowest BCUT2D eigenvalue weighted by Gasteiger charge is -2.20. The summed E-state index contributed by atoms with van der Waals surface area (Å²) in [5.41, 5.74) is 7.01. The molecule has 0 aliphatic carbocycles. The van der Waals surface area contributed by atoms with Crippen molar-refractivity contribution in [1.82, 2.24) is 4.90 Å². The predicted octanol–water partition coefficient (Wildman–Crippen LogP) is 2.04. The van der Waals surface area contributed by atoms with E-state index in [4.69, 9.17) is 5.73 Å². The molecule has 0 radical (unpaired) electrons. The largest absolute Gasteiger partial charge is 0.396 e. The van der Waals surface area contributed by atoms with E-state index < -0.39 is 0 Å². The third-order valence-corrected chi connectivity index (χ3v) is 3.05. The first kappa shape index (κ1) is 18.2. The zero-order chi connectivity index (χ0) is 13.4. The SMILES string of the molecule is CCN(CC)C(N)=NCC(CO)c1ccccc1.I. The van der Waals surface area contributed by atoms with Gasteiger partial charge < -0.3 is 15.7 Å². The lowest BCUT2D eigenvalue weighted by atomic mass is 10.0. The van der Waals surface area contributed by atoms with Crippen LogP contribution in [0.4, 0.5) is 0 Å². The topological polar surface area (TPSA) is 61.8 Å². The van der Waals surface area contributed by atoms with Gasteiger partial charge in [-0.15, -0.1) is 24.0 Å². The minimum atomic E-state index is 0. The van der Waals surface area contributed by atoms with Crippen LogP contribution in [-0.2, 0) is 0 Å². The minimum Gasteiger partial charge on any atom is -0.396 e. The van der Waals surface area contributed by atoms with E-state index in [1.807, 2.05) is 49.1 Å². The van der Waals surface area contributed by atoms with E-state index in [0.717, 1.165) is 18.7 Å². The average molecular weight is 377 g/mol. The normalized spacial score (nSPS) is 12.7. The molecule has 0 saturated carbocycles. The van der Waals surface area contributed by atoms with Crippen LogP contribution in [0.2, 0.25) is 0 Å².